The normalized spacial score (nSPS) is 24.4. The highest BCUT2D eigenvalue weighted by atomic mass is 32.2. The van der Waals surface area contributed by atoms with Gasteiger partial charge in [-0.3, -0.25) is 86.9 Å². The fourth-order valence-corrected chi connectivity index (χ4v) is 17.6. The minimum absolute atomic E-state index is 0.00552. The smallest absolute Gasteiger partial charge is 0.246 e. The molecule has 3 unspecified atom stereocenters. The fourth-order valence-electron chi connectivity index (χ4n) is 15.7. The predicted octanol–water partition coefficient (Wildman–Crippen LogP) is -0.967. The van der Waals surface area contributed by atoms with Crippen molar-refractivity contribution in [2.45, 2.75) is 235 Å². The minimum atomic E-state index is -1.84. The number of carbonyl (C=O) groups excluding carboxylic acids is 17. The lowest BCUT2D eigenvalue weighted by molar-refractivity contribution is -0.149. The highest BCUT2D eigenvalue weighted by Gasteiger charge is 2.60. The molecule has 1 spiro atoms. The number of imidazole rings is 1. The molecular weight excluding hydrogens is 1780 g/mol. The van der Waals surface area contributed by atoms with E-state index in [9.17, 15) is 63.0 Å². The molecule has 734 valence electrons. The van der Waals surface area contributed by atoms with Crippen LogP contribution in [-0.2, 0) is 107 Å². The molecule has 3 aromatic carbocycles. The number of phenolic OH excluding ortho intramolecular Hbond substituents is 1. The zero-order valence-corrected chi connectivity index (χ0v) is 79.1. The van der Waals surface area contributed by atoms with Crippen molar-refractivity contribution in [2.75, 3.05) is 58.9 Å². The molecule has 24 N–H and O–H groups in total. The van der Waals surface area contributed by atoms with Crippen LogP contribution < -0.4 is 86.3 Å². The molecule has 0 radical (unpaired) electrons. The van der Waals surface area contributed by atoms with E-state index in [0.29, 0.717) is 59.0 Å². The molecule has 6 aromatic rings. The molecule has 3 aromatic heterocycles. The van der Waals surface area contributed by atoms with Crippen LogP contribution in [0.15, 0.2) is 96.9 Å². The largest absolute Gasteiger partial charge is 0.508 e. The number of aliphatic hydroxyl groups excluding tert-OH is 1. The lowest BCUT2D eigenvalue weighted by atomic mass is 10.00. The van der Waals surface area contributed by atoms with Crippen molar-refractivity contribution >= 4 is 150 Å². The van der Waals surface area contributed by atoms with Gasteiger partial charge in [-0.2, -0.15) is 0 Å². The molecular formula is C91H129N23O19S2. The monoisotopic (exact) mass is 1910 g/mol. The highest BCUT2D eigenvalue weighted by Crippen LogP contribution is 2.44. The van der Waals surface area contributed by atoms with Gasteiger partial charge >= 0.3 is 0 Å². The number of amides is 17. The molecule has 135 heavy (non-hydrogen) atoms. The molecule has 14 atom stereocenters. The van der Waals surface area contributed by atoms with Crippen LogP contribution in [0, 0.1) is 17.2 Å². The van der Waals surface area contributed by atoms with E-state index in [1.165, 1.54) is 76.2 Å². The molecule has 17 amide bonds. The summed E-state index contributed by atoms with van der Waals surface area (Å²) in [7, 11) is 3.96. The third-order valence-electron chi connectivity index (χ3n) is 23.7. The summed E-state index contributed by atoms with van der Waals surface area (Å²) in [5.41, 5.74) is 17.6. The average molecular weight is 1910 g/mol. The van der Waals surface area contributed by atoms with Gasteiger partial charge in [0.05, 0.1) is 31.7 Å². The van der Waals surface area contributed by atoms with Crippen molar-refractivity contribution in [1.82, 2.24) is 98.8 Å². The summed E-state index contributed by atoms with van der Waals surface area (Å²) in [6.45, 7) is 8.38. The fraction of sp³-hybridized carbons (Fsp3) is 0.527. The van der Waals surface area contributed by atoms with Crippen LogP contribution in [-0.4, -0.2) is 283 Å². The number of guanidine groups is 1. The van der Waals surface area contributed by atoms with Crippen LogP contribution >= 0.6 is 23.1 Å². The van der Waals surface area contributed by atoms with Crippen molar-refractivity contribution in [3.8, 4) is 5.75 Å². The van der Waals surface area contributed by atoms with Crippen LogP contribution in [0.5, 0.6) is 5.75 Å². The Labute approximate surface area is 790 Å². The molecule has 8 rings (SSSR count). The number of thiophene rings is 1. The average Bonchev–Trinajstić information content (AvgIpc) is 1.58. The second kappa shape index (κ2) is 51.8. The second-order valence-corrected chi connectivity index (χ2v) is 36.6. The highest BCUT2D eigenvalue weighted by molar-refractivity contribution is 8.00. The zero-order chi connectivity index (χ0) is 98.9. The summed E-state index contributed by atoms with van der Waals surface area (Å²) >= 11 is 2.14. The van der Waals surface area contributed by atoms with Crippen LogP contribution in [0.1, 0.15) is 154 Å². The number of aromatic nitrogens is 3. The third kappa shape index (κ3) is 31.7. The molecule has 1 aliphatic heterocycles. The number of phenols is 1. The number of hydrogen-bond donors (Lipinski definition) is 21. The van der Waals surface area contributed by atoms with Crippen molar-refractivity contribution < 1.29 is 91.7 Å². The molecule has 0 bridgehead atoms. The Kier molecular flexibility index (Phi) is 41.1. The van der Waals surface area contributed by atoms with Gasteiger partial charge in [0.15, 0.2) is 5.96 Å². The first-order valence-electron chi connectivity index (χ1n) is 45.2. The van der Waals surface area contributed by atoms with Gasteiger partial charge in [-0.15, -0.1) is 23.1 Å². The van der Waals surface area contributed by atoms with Gasteiger partial charge in [-0.05, 0) is 122 Å². The van der Waals surface area contributed by atoms with E-state index in [1.54, 1.807) is 62.7 Å². The number of para-hydroxylation sites is 1. The van der Waals surface area contributed by atoms with Crippen molar-refractivity contribution in [3.05, 3.63) is 119 Å². The Hall–Kier alpha value is -13.3. The number of primary amides is 2. The summed E-state index contributed by atoms with van der Waals surface area (Å²) in [6, 6.07) is 2.02. The van der Waals surface area contributed by atoms with E-state index in [0.717, 1.165) is 36.5 Å². The minimum Gasteiger partial charge on any atom is -0.508 e. The first-order valence-corrected chi connectivity index (χ1v) is 47.3. The van der Waals surface area contributed by atoms with Crippen molar-refractivity contribution in [1.29, 1.82) is 5.41 Å². The van der Waals surface area contributed by atoms with Crippen LogP contribution in [0.4, 0.5) is 0 Å². The number of aromatic amines is 2. The molecule has 1 aliphatic carbocycles. The lowest BCUT2D eigenvalue weighted by Crippen LogP contribution is -2.62. The SMILES string of the molecule is CCCC[C@H]1C(=O)N(C)[C@@H](CCCC)C(=O)N[C@@H](CCCNC(=N)N)C(=O)NC(C(=O)NCC(N)=O)CSCC(=O)N[C@@H](Cc2ccc(O)cc2)C(=O)N(C)[C@@H](C)C(=O)N[C@@H](CC(N)=O)C(=O)NCCCCC(=O)N[C@@H](Cc2cnc[nH]2)C(=O)N[C@@H](CC(C)C)C(=O)NC2(C[C@@H]2C)C(=O)NC(Cc2c[nH]c3ccccc23)C(=O)N[C@@H](CO)C(=O)N[C@@H](Cc2csc3ccccc23)C(=O)N1C. The van der Waals surface area contributed by atoms with Gasteiger partial charge in [-0.25, -0.2) is 4.98 Å². The number of carbonyl (C=O) groups is 17. The number of nitrogens with two attached hydrogens (primary N) is 3. The number of nitrogens with one attached hydrogen (secondary N) is 16. The number of nitrogens with zero attached hydrogens (tertiary/aromatic N) is 4. The van der Waals surface area contributed by atoms with Crippen LogP contribution in [0.2, 0.25) is 0 Å². The Bertz CT molecular complexity index is 5170. The quantitative estimate of drug-likeness (QED) is 0.0177. The Morgan fingerprint density at radius 1 is 0.585 bits per heavy atom. The maximum atomic E-state index is 15.8. The van der Waals surface area contributed by atoms with Crippen molar-refractivity contribution in [3.63, 3.8) is 0 Å². The maximum absolute atomic E-state index is 15.8. The summed E-state index contributed by atoms with van der Waals surface area (Å²) in [6.07, 6.45) is 4.48. The lowest BCUT2D eigenvalue weighted by Gasteiger charge is -2.36. The van der Waals surface area contributed by atoms with Crippen LogP contribution in [0.25, 0.3) is 21.0 Å². The Morgan fingerprint density at radius 2 is 1.18 bits per heavy atom. The predicted molar refractivity (Wildman–Crippen MR) is 504 cm³/mol. The zero-order valence-electron chi connectivity index (χ0n) is 77.5. The van der Waals surface area contributed by atoms with E-state index in [-0.39, 0.29) is 108 Å². The van der Waals surface area contributed by atoms with E-state index in [4.69, 9.17) is 22.6 Å². The number of likely N-dealkylation sites (N-methyl/N-ethyl adjacent to an activating group) is 3. The topological polar surface area (TPSA) is 643 Å². The van der Waals surface area contributed by atoms with Gasteiger partial charge in [0.25, 0.3) is 0 Å². The van der Waals surface area contributed by atoms with E-state index >= 15 is 28.8 Å². The Balaban J connectivity index is 1.15. The van der Waals surface area contributed by atoms with E-state index < -0.39 is 221 Å². The molecule has 4 heterocycles. The molecule has 1 saturated carbocycles. The second-order valence-electron chi connectivity index (χ2n) is 34.6. The van der Waals surface area contributed by atoms with Gasteiger partial charge in [0.2, 0.25) is 100 Å². The molecule has 42 nitrogen and oxygen atoms in total. The molecule has 44 heteroatoms. The van der Waals surface area contributed by atoms with E-state index in [2.05, 4.69) is 84.1 Å². The number of H-pyrrole nitrogens is 2. The number of aromatic hydroxyl groups is 1. The molecule has 2 fully saturated rings. The standard InChI is InChI=1S/C91H129N23O19S2/c1-10-12-25-70-85(129)104-61(24-20-34-98-90(94)95)80(124)109-69(79(123)100-44-74(93)118)47-134-48-76(120)103-66(36-53-29-31-57(116)32-30-53)86(130)112(7)52(6)77(121)105-65(40-73(92)117)78(122)97-33-19-18-28-75(119)102-64(39-56-43-96-49-101-56)82(126)106-62(35-50(3)4)84(128)111-91(41-51(91)5)89(133)110-63(37-54-42-99-60-23-16-14-21-58(54)60)81(125)108-68(45-115)83(127)107-67(38-55-46-135-72-27-17-15-22-59(55)72)87(131)114(9)71(26-13-11-2)88(132)113(70)8/h14-17,21-23,27,29-32,42-43,46,49-52,61-71,99,115-116H,10-13,18-20,24-26,28,33-41,44-45,47-48H2,1-9H3,(H2,92,117)(H2,93,118)(H,96,101)(H,97,122)(H,100,123)(H,102,119)(H,103,120)(H,104,129)(H,105,121)(H,106,126)(H,107,127)(H,108,125)(H,109,124)(H,110,133)(H,111,128)(H4,94,95,98)/t51-,52-,61-,62-,63?,64-,65-,66-,67-,68-,69?,70-,71-,91?/m0/s1. The Morgan fingerprint density at radius 3 is 1.82 bits per heavy atom. The number of fused-ring (bicyclic) bond motifs is 2. The summed E-state index contributed by atoms with van der Waals surface area (Å²) in [5, 5.41) is 67.2. The van der Waals surface area contributed by atoms with Gasteiger partial charge in [0, 0.05) is 106 Å². The number of hydrogen-bond acceptors (Lipinski definition) is 23. The van der Waals surface area contributed by atoms with Gasteiger partial charge < -0.3 is 121 Å². The number of benzene rings is 3. The number of rotatable bonds is 26. The number of unbranched alkanes of at least 4 members (excludes halogenated alkanes) is 2. The first-order chi connectivity index (χ1) is 64.3. The van der Waals surface area contributed by atoms with Gasteiger partial charge in [0.1, 0.15) is 83.8 Å². The van der Waals surface area contributed by atoms with Gasteiger partial charge in [-0.1, -0.05) is 109 Å². The van der Waals surface area contributed by atoms with Crippen molar-refractivity contribution in [2.24, 2.45) is 29.0 Å². The maximum Gasteiger partial charge on any atom is 0.246 e. The number of thioether (sulfide) groups is 1. The molecule has 2 aliphatic rings. The summed E-state index contributed by atoms with van der Waals surface area (Å²) < 4.78 is 0.825. The third-order valence-corrected chi connectivity index (χ3v) is 25.8. The summed E-state index contributed by atoms with van der Waals surface area (Å²) in [4.78, 5) is 260. The molecule has 1 saturated heterocycles. The van der Waals surface area contributed by atoms with Crippen LogP contribution in [0.3, 0.4) is 0 Å². The van der Waals surface area contributed by atoms with E-state index in [1.807, 2.05) is 32.0 Å². The summed E-state index contributed by atoms with van der Waals surface area (Å²) in [5.74, 6) is -17.3. The number of aliphatic hydroxyl groups is 1. The first kappa shape index (κ1) is 107.